The number of nitro benzene ring substituents is 1. The Labute approximate surface area is 160 Å². The van der Waals surface area contributed by atoms with E-state index in [9.17, 15) is 18.5 Å². The van der Waals surface area contributed by atoms with E-state index >= 15 is 0 Å². The third kappa shape index (κ3) is 4.36. The van der Waals surface area contributed by atoms with Gasteiger partial charge in [-0.3, -0.25) is 14.8 Å². The zero-order valence-corrected chi connectivity index (χ0v) is 15.3. The maximum atomic E-state index is 12.5. The molecule has 0 heterocycles. The lowest BCUT2D eigenvalue weighted by atomic mass is 10.3. The highest BCUT2D eigenvalue weighted by molar-refractivity contribution is 7.92. The molecular formula is C18H13ClN2O5S. The van der Waals surface area contributed by atoms with Gasteiger partial charge in [0.1, 0.15) is 17.2 Å². The predicted octanol–water partition coefficient (Wildman–Crippen LogP) is 4.84. The largest absolute Gasteiger partial charge is 0.456 e. The normalized spacial score (nSPS) is 11.0. The molecular weight excluding hydrogens is 392 g/mol. The molecule has 0 aromatic heterocycles. The Morgan fingerprint density at radius 2 is 1.56 bits per heavy atom. The van der Waals surface area contributed by atoms with Gasteiger partial charge in [-0.15, -0.1) is 0 Å². The first kappa shape index (κ1) is 18.7. The van der Waals surface area contributed by atoms with E-state index in [0.29, 0.717) is 16.5 Å². The average molecular weight is 405 g/mol. The number of nitro groups is 1. The van der Waals surface area contributed by atoms with Crippen LogP contribution in [0.5, 0.6) is 11.5 Å². The second-order valence-electron chi connectivity index (χ2n) is 5.38. The summed E-state index contributed by atoms with van der Waals surface area (Å²) >= 11 is 6.02. The van der Waals surface area contributed by atoms with Crippen LogP contribution in [0.15, 0.2) is 77.7 Å². The number of sulfonamides is 1. The van der Waals surface area contributed by atoms with Crippen molar-refractivity contribution < 1.29 is 18.1 Å². The second-order valence-corrected chi connectivity index (χ2v) is 7.47. The van der Waals surface area contributed by atoms with Crippen molar-refractivity contribution in [2.24, 2.45) is 0 Å². The number of benzene rings is 3. The van der Waals surface area contributed by atoms with Crippen molar-refractivity contribution in [3.8, 4) is 11.5 Å². The van der Waals surface area contributed by atoms with Crippen molar-refractivity contribution in [2.75, 3.05) is 4.72 Å². The standard InChI is InChI=1S/C18H13ClN2O5S/c19-15-5-1-4-8-18(15)26-13-9-11-14(12-10-13)27(24,25)20-16-6-2-3-7-17(16)21(22)23/h1-12,20H. The summed E-state index contributed by atoms with van der Waals surface area (Å²) in [5, 5.41) is 11.5. The van der Waals surface area contributed by atoms with E-state index < -0.39 is 14.9 Å². The molecule has 3 rings (SSSR count). The van der Waals surface area contributed by atoms with Crippen LogP contribution in [-0.2, 0) is 10.0 Å². The third-order valence-corrected chi connectivity index (χ3v) is 5.24. The highest BCUT2D eigenvalue weighted by Gasteiger charge is 2.20. The molecule has 7 nitrogen and oxygen atoms in total. The number of halogens is 1. The van der Waals surface area contributed by atoms with Crippen LogP contribution in [0.3, 0.4) is 0 Å². The summed E-state index contributed by atoms with van der Waals surface area (Å²) in [5.41, 5.74) is -0.446. The van der Waals surface area contributed by atoms with Crippen molar-refractivity contribution in [2.45, 2.75) is 4.90 Å². The molecule has 0 atom stereocenters. The lowest BCUT2D eigenvalue weighted by Gasteiger charge is -2.10. The first-order valence-electron chi connectivity index (χ1n) is 7.65. The first-order valence-corrected chi connectivity index (χ1v) is 9.51. The summed E-state index contributed by atoms with van der Waals surface area (Å²) in [6.07, 6.45) is 0. The molecule has 138 valence electrons. The van der Waals surface area contributed by atoms with E-state index in [1.54, 1.807) is 24.3 Å². The second kappa shape index (κ2) is 7.65. The number of para-hydroxylation sites is 3. The van der Waals surface area contributed by atoms with Gasteiger partial charge in [0.25, 0.3) is 15.7 Å². The van der Waals surface area contributed by atoms with Crippen LogP contribution >= 0.6 is 11.6 Å². The number of hydrogen-bond donors (Lipinski definition) is 1. The monoisotopic (exact) mass is 404 g/mol. The first-order chi connectivity index (χ1) is 12.9. The summed E-state index contributed by atoms with van der Waals surface area (Å²) < 4.78 is 32.8. The minimum atomic E-state index is -4.00. The molecule has 0 fully saturated rings. The SMILES string of the molecule is O=[N+]([O-])c1ccccc1NS(=O)(=O)c1ccc(Oc2ccccc2Cl)cc1. The molecule has 9 heteroatoms. The number of nitrogens with one attached hydrogen (secondary N) is 1. The fourth-order valence-corrected chi connectivity index (χ4v) is 3.51. The molecule has 0 saturated carbocycles. The average Bonchev–Trinajstić information content (AvgIpc) is 2.64. The van der Waals surface area contributed by atoms with Crippen LogP contribution in [0.2, 0.25) is 5.02 Å². The van der Waals surface area contributed by atoms with Gasteiger partial charge in [0, 0.05) is 6.07 Å². The number of hydrogen-bond acceptors (Lipinski definition) is 5. The van der Waals surface area contributed by atoms with E-state index in [0.717, 1.165) is 0 Å². The Balaban J connectivity index is 1.82. The summed E-state index contributed by atoms with van der Waals surface area (Å²) in [4.78, 5) is 10.3. The molecule has 3 aromatic rings. The van der Waals surface area contributed by atoms with Crippen LogP contribution in [0.4, 0.5) is 11.4 Å². The van der Waals surface area contributed by atoms with E-state index in [4.69, 9.17) is 16.3 Å². The van der Waals surface area contributed by atoms with Crippen molar-refractivity contribution in [3.05, 3.63) is 87.9 Å². The molecule has 0 aliphatic heterocycles. The Morgan fingerprint density at radius 3 is 2.22 bits per heavy atom. The molecule has 27 heavy (non-hydrogen) atoms. The zero-order valence-electron chi connectivity index (χ0n) is 13.7. The smallest absolute Gasteiger partial charge is 0.293 e. The molecule has 0 bridgehead atoms. The predicted molar refractivity (Wildman–Crippen MR) is 102 cm³/mol. The summed E-state index contributed by atoms with van der Waals surface area (Å²) in [5.74, 6) is 0.834. The minimum absolute atomic E-state index is 0.0628. The van der Waals surface area contributed by atoms with Gasteiger partial charge in [-0.25, -0.2) is 8.42 Å². The lowest BCUT2D eigenvalue weighted by molar-refractivity contribution is -0.383. The van der Waals surface area contributed by atoms with E-state index in [1.165, 1.54) is 48.5 Å². The Bertz CT molecular complexity index is 1080. The fourth-order valence-electron chi connectivity index (χ4n) is 2.26. The fraction of sp³-hybridized carbons (Fsp3) is 0. The molecule has 0 aliphatic rings. The lowest BCUT2D eigenvalue weighted by Crippen LogP contribution is -2.13. The van der Waals surface area contributed by atoms with Crippen molar-refractivity contribution in [3.63, 3.8) is 0 Å². The number of rotatable bonds is 6. The number of ether oxygens (including phenoxy) is 1. The van der Waals surface area contributed by atoms with Gasteiger partial charge >= 0.3 is 0 Å². The topological polar surface area (TPSA) is 98.5 Å². The minimum Gasteiger partial charge on any atom is -0.456 e. The van der Waals surface area contributed by atoms with Gasteiger partial charge in [-0.2, -0.15) is 0 Å². The van der Waals surface area contributed by atoms with Gasteiger partial charge < -0.3 is 4.74 Å². The van der Waals surface area contributed by atoms with Gasteiger partial charge in [0.05, 0.1) is 14.8 Å². The zero-order chi connectivity index (χ0) is 19.4. The Morgan fingerprint density at radius 1 is 0.926 bits per heavy atom. The maximum Gasteiger partial charge on any atom is 0.293 e. The Hall–Kier alpha value is -3.10. The van der Waals surface area contributed by atoms with Crippen LogP contribution in [-0.4, -0.2) is 13.3 Å². The molecule has 0 aliphatic carbocycles. The summed E-state index contributed by atoms with van der Waals surface area (Å²) in [6, 6.07) is 18.0. The number of nitrogens with zero attached hydrogens (tertiary/aromatic N) is 1. The van der Waals surface area contributed by atoms with Gasteiger partial charge in [-0.05, 0) is 42.5 Å². The summed E-state index contributed by atoms with van der Waals surface area (Å²) in [6.45, 7) is 0. The third-order valence-electron chi connectivity index (χ3n) is 3.54. The number of anilines is 1. The van der Waals surface area contributed by atoms with E-state index in [-0.39, 0.29) is 16.3 Å². The van der Waals surface area contributed by atoms with Crippen LogP contribution in [0, 0.1) is 10.1 Å². The van der Waals surface area contributed by atoms with Crippen molar-refractivity contribution in [1.29, 1.82) is 0 Å². The highest BCUT2D eigenvalue weighted by atomic mass is 35.5. The van der Waals surface area contributed by atoms with Gasteiger partial charge in [-0.1, -0.05) is 35.9 Å². The molecule has 0 spiro atoms. The maximum absolute atomic E-state index is 12.5. The molecule has 0 unspecified atom stereocenters. The van der Waals surface area contributed by atoms with Crippen LogP contribution < -0.4 is 9.46 Å². The Kier molecular flexibility index (Phi) is 5.29. The molecule has 3 aromatic carbocycles. The molecule has 0 saturated heterocycles. The van der Waals surface area contributed by atoms with Crippen molar-refractivity contribution >= 4 is 33.0 Å². The van der Waals surface area contributed by atoms with Crippen LogP contribution in [0.25, 0.3) is 0 Å². The molecule has 0 radical (unpaired) electrons. The quantitative estimate of drug-likeness (QED) is 0.468. The van der Waals surface area contributed by atoms with Crippen LogP contribution in [0.1, 0.15) is 0 Å². The molecule has 1 N–H and O–H groups in total. The van der Waals surface area contributed by atoms with E-state index in [1.807, 2.05) is 0 Å². The summed E-state index contributed by atoms with van der Waals surface area (Å²) in [7, 11) is -4.00. The highest BCUT2D eigenvalue weighted by Crippen LogP contribution is 2.30. The molecule has 0 amide bonds. The van der Waals surface area contributed by atoms with E-state index in [2.05, 4.69) is 4.72 Å². The van der Waals surface area contributed by atoms with Crippen molar-refractivity contribution in [1.82, 2.24) is 0 Å². The van der Waals surface area contributed by atoms with Gasteiger partial charge in [0.2, 0.25) is 0 Å². The van der Waals surface area contributed by atoms with Gasteiger partial charge in [0.15, 0.2) is 0 Å².